The van der Waals surface area contributed by atoms with Gasteiger partial charge in [0.1, 0.15) is 23.4 Å². The minimum absolute atomic E-state index is 0.0634. The van der Waals surface area contributed by atoms with Crippen LogP contribution in [0.1, 0.15) is 21.7 Å². The highest BCUT2D eigenvalue weighted by atomic mass is 35.5. The number of nitrogens with zero attached hydrogens (tertiary/aromatic N) is 3. The minimum atomic E-state index is -4.06. The van der Waals surface area contributed by atoms with Crippen molar-refractivity contribution in [2.24, 2.45) is 0 Å². The van der Waals surface area contributed by atoms with Gasteiger partial charge in [0.2, 0.25) is 5.78 Å². The van der Waals surface area contributed by atoms with Crippen LogP contribution in [0.25, 0.3) is 11.0 Å². The molecule has 152 valence electrons. The Morgan fingerprint density at radius 3 is 2.63 bits per heavy atom. The molecule has 1 aromatic carbocycles. The van der Waals surface area contributed by atoms with Gasteiger partial charge in [0.15, 0.2) is 0 Å². The lowest BCUT2D eigenvalue weighted by Gasteiger charge is -2.12. The fourth-order valence-electron chi connectivity index (χ4n) is 2.81. The number of halogens is 2. The number of nitrogens with one attached hydrogen (secondary N) is 2. The van der Waals surface area contributed by atoms with E-state index in [9.17, 15) is 13.2 Å². The average molecular weight is 462 g/mol. The van der Waals surface area contributed by atoms with Gasteiger partial charge in [-0.05, 0) is 36.8 Å². The van der Waals surface area contributed by atoms with Crippen LogP contribution in [0, 0.1) is 6.92 Å². The van der Waals surface area contributed by atoms with Gasteiger partial charge in [-0.25, -0.2) is 23.4 Å². The van der Waals surface area contributed by atoms with Crippen molar-refractivity contribution in [3.63, 3.8) is 0 Å². The highest BCUT2D eigenvalue weighted by Gasteiger charge is 2.24. The fraction of sp³-hybridized carbons (Fsp3) is 0.0526. The van der Waals surface area contributed by atoms with E-state index in [4.69, 9.17) is 23.2 Å². The van der Waals surface area contributed by atoms with E-state index in [0.717, 1.165) is 5.56 Å². The third-order valence-corrected chi connectivity index (χ3v) is 6.31. The number of aryl methyl sites for hydroxylation is 1. The first kappa shape index (κ1) is 20.3. The summed E-state index contributed by atoms with van der Waals surface area (Å²) in [5, 5.41) is 0.938. The quantitative estimate of drug-likeness (QED) is 0.433. The molecule has 0 bridgehead atoms. The van der Waals surface area contributed by atoms with Crippen LogP contribution in [0.4, 0.5) is 5.69 Å². The maximum Gasteiger partial charge on any atom is 0.262 e. The van der Waals surface area contributed by atoms with Gasteiger partial charge in [-0.1, -0.05) is 29.3 Å². The molecule has 0 saturated carbocycles. The number of aromatic amines is 1. The molecular formula is C19H13Cl2N5O3S. The van der Waals surface area contributed by atoms with E-state index in [1.807, 2.05) is 0 Å². The molecule has 4 aromatic rings. The summed E-state index contributed by atoms with van der Waals surface area (Å²) in [5.74, 6) is -0.585. The number of hydrogen-bond acceptors (Lipinski definition) is 6. The van der Waals surface area contributed by atoms with Crippen molar-refractivity contribution in [3.05, 3.63) is 76.0 Å². The summed E-state index contributed by atoms with van der Waals surface area (Å²) < 4.78 is 28.1. The Bertz CT molecular complexity index is 1400. The summed E-state index contributed by atoms with van der Waals surface area (Å²) in [7, 11) is -4.06. The lowest BCUT2D eigenvalue weighted by Crippen LogP contribution is -2.17. The summed E-state index contributed by atoms with van der Waals surface area (Å²) in [6.45, 7) is 1.76. The van der Waals surface area contributed by atoms with Crippen LogP contribution in [-0.2, 0) is 10.0 Å². The van der Waals surface area contributed by atoms with E-state index in [0.29, 0.717) is 16.1 Å². The molecule has 0 atom stereocenters. The van der Waals surface area contributed by atoms with E-state index in [-0.39, 0.29) is 27.0 Å². The number of benzene rings is 1. The second-order valence-electron chi connectivity index (χ2n) is 6.36. The molecule has 8 nitrogen and oxygen atoms in total. The van der Waals surface area contributed by atoms with Gasteiger partial charge in [-0.2, -0.15) is 0 Å². The number of aromatic nitrogens is 4. The number of carbonyl (C=O) groups is 1. The first-order valence-electron chi connectivity index (χ1n) is 8.53. The third-order valence-electron chi connectivity index (χ3n) is 4.34. The molecule has 0 aliphatic carbocycles. The molecule has 0 unspecified atom stereocenters. The molecule has 11 heteroatoms. The van der Waals surface area contributed by atoms with Crippen LogP contribution in [0.3, 0.4) is 0 Å². The molecule has 0 saturated heterocycles. The van der Waals surface area contributed by atoms with Crippen LogP contribution in [0.15, 0.2) is 53.9 Å². The first-order chi connectivity index (χ1) is 14.3. The highest BCUT2D eigenvalue weighted by molar-refractivity contribution is 7.92. The number of rotatable bonds is 5. The summed E-state index contributed by atoms with van der Waals surface area (Å²) in [6.07, 6.45) is 4.11. The monoisotopic (exact) mass is 461 g/mol. The van der Waals surface area contributed by atoms with E-state index in [1.165, 1.54) is 30.7 Å². The molecule has 0 radical (unpaired) electrons. The van der Waals surface area contributed by atoms with Crippen molar-refractivity contribution in [1.29, 1.82) is 0 Å². The lowest BCUT2D eigenvalue weighted by atomic mass is 10.1. The van der Waals surface area contributed by atoms with Gasteiger partial charge in [0.05, 0.1) is 15.6 Å². The topological polar surface area (TPSA) is 118 Å². The van der Waals surface area contributed by atoms with E-state index < -0.39 is 15.8 Å². The number of sulfonamides is 1. The number of fused-ring (bicyclic) bond motifs is 1. The predicted octanol–water partition coefficient (Wildman–Crippen LogP) is 4.00. The average Bonchev–Trinajstić information content (AvgIpc) is 3.18. The molecule has 0 aliphatic heterocycles. The molecule has 0 amide bonds. The zero-order valence-corrected chi connectivity index (χ0v) is 17.7. The van der Waals surface area contributed by atoms with Gasteiger partial charge in [-0.15, -0.1) is 0 Å². The van der Waals surface area contributed by atoms with Crippen LogP contribution >= 0.6 is 23.2 Å². The van der Waals surface area contributed by atoms with E-state index in [1.54, 1.807) is 25.3 Å². The fourth-order valence-corrected chi connectivity index (χ4v) is 4.29. The summed E-state index contributed by atoms with van der Waals surface area (Å²) in [4.78, 5) is 28.1. The Balaban J connectivity index is 1.78. The van der Waals surface area contributed by atoms with Crippen molar-refractivity contribution < 1.29 is 13.2 Å². The molecule has 30 heavy (non-hydrogen) atoms. The standard InChI is InChI=1S/C19H13Cl2N5O3S/c1-10-2-3-12(7-14(10)21)30(28,29)26-15-6-11(20)8-23-17(15)18(27)16-13-4-5-22-19(13)25-9-24-16/h2-9,26H,1H3,(H,22,24,25). The Labute approximate surface area is 181 Å². The molecule has 4 rings (SSSR count). The second-order valence-corrected chi connectivity index (χ2v) is 8.88. The normalized spacial score (nSPS) is 11.6. The second kappa shape index (κ2) is 7.67. The van der Waals surface area contributed by atoms with E-state index >= 15 is 0 Å². The summed E-state index contributed by atoms with van der Waals surface area (Å²) in [5.41, 5.74) is 1.05. The van der Waals surface area contributed by atoms with Crippen molar-refractivity contribution in [2.75, 3.05) is 4.72 Å². The van der Waals surface area contributed by atoms with Crippen LogP contribution in [0.5, 0.6) is 0 Å². The summed E-state index contributed by atoms with van der Waals surface area (Å²) in [6, 6.07) is 7.28. The maximum absolute atomic E-state index is 13.1. The van der Waals surface area contributed by atoms with Gasteiger partial charge in [-0.3, -0.25) is 9.52 Å². The number of ketones is 1. The highest BCUT2D eigenvalue weighted by Crippen LogP contribution is 2.27. The van der Waals surface area contributed by atoms with Gasteiger partial charge < -0.3 is 4.98 Å². The third kappa shape index (κ3) is 3.74. The van der Waals surface area contributed by atoms with Gasteiger partial charge in [0, 0.05) is 22.8 Å². The Morgan fingerprint density at radius 2 is 1.87 bits per heavy atom. The lowest BCUT2D eigenvalue weighted by molar-refractivity contribution is 0.103. The number of hydrogen-bond donors (Lipinski definition) is 2. The molecule has 0 fully saturated rings. The molecule has 2 N–H and O–H groups in total. The smallest absolute Gasteiger partial charge is 0.262 e. The number of anilines is 1. The largest absolute Gasteiger partial charge is 0.346 e. The van der Waals surface area contributed by atoms with Gasteiger partial charge >= 0.3 is 0 Å². The van der Waals surface area contributed by atoms with Crippen molar-refractivity contribution in [2.45, 2.75) is 11.8 Å². The predicted molar refractivity (Wildman–Crippen MR) is 114 cm³/mol. The van der Waals surface area contributed by atoms with Crippen molar-refractivity contribution in [3.8, 4) is 0 Å². The Morgan fingerprint density at radius 1 is 1.07 bits per heavy atom. The van der Waals surface area contributed by atoms with Crippen LogP contribution in [0.2, 0.25) is 10.0 Å². The molecule has 0 spiro atoms. The van der Waals surface area contributed by atoms with Crippen LogP contribution < -0.4 is 4.72 Å². The first-order valence-corrected chi connectivity index (χ1v) is 10.8. The molecule has 3 aromatic heterocycles. The zero-order valence-electron chi connectivity index (χ0n) is 15.3. The molecule has 3 heterocycles. The Hall–Kier alpha value is -3.01. The molecular weight excluding hydrogens is 449 g/mol. The van der Waals surface area contributed by atoms with E-state index in [2.05, 4.69) is 24.7 Å². The zero-order chi connectivity index (χ0) is 21.5. The Kier molecular flexibility index (Phi) is 5.19. The van der Waals surface area contributed by atoms with Crippen molar-refractivity contribution >= 4 is 55.7 Å². The number of carbonyl (C=O) groups excluding carboxylic acids is 1. The number of H-pyrrole nitrogens is 1. The van der Waals surface area contributed by atoms with Gasteiger partial charge in [0.25, 0.3) is 10.0 Å². The minimum Gasteiger partial charge on any atom is -0.346 e. The maximum atomic E-state index is 13.1. The molecule has 0 aliphatic rings. The SMILES string of the molecule is Cc1ccc(S(=O)(=O)Nc2cc(Cl)cnc2C(=O)c2ncnc3[nH]ccc23)cc1Cl. The van der Waals surface area contributed by atoms with Crippen LogP contribution in [-0.4, -0.2) is 34.1 Å². The summed E-state index contributed by atoms with van der Waals surface area (Å²) >= 11 is 12.1. The van der Waals surface area contributed by atoms with Crippen molar-refractivity contribution in [1.82, 2.24) is 19.9 Å². The number of pyridine rings is 1.